The summed E-state index contributed by atoms with van der Waals surface area (Å²) in [5, 5.41) is 0.0906. The largest absolute Gasteiger partial charge is 0.430 e. The number of aromatic nitrogens is 1. The maximum absolute atomic E-state index is 12.8. The molecule has 21 heavy (non-hydrogen) atoms. The lowest BCUT2D eigenvalue weighted by molar-refractivity contribution is -0.0634. The number of rotatable bonds is 2. The number of ether oxygens (including phenoxy) is 1. The second kappa shape index (κ2) is 4.55. The predicted molar refractivity (Wildman–Crippen MR) is 82.5 cm³/mol. The molecule has 0 aliphatic carbocycles. The standard InChI is InChI=1S/C15H20N2O3S/c1-14(2)8-12(15(3,4)20-14)21(18)13-17-10-6-5-9(16)7-11(10)19-13/h5-7,12H,8,16H2,1-4H3. The van der Waals surface area contributed by atoms with E-state index in [1.165, 1.54) is 0 Å². The summed E-state index contributed by atoms with van der Waals surface area (Å²) < 4.78 is 24.5. The van der Waals surface area contributed by atoms with E-state index in [0.717, 1.165) is 0 Å². The molecule has 0 radical (unpaired) electrons. The SMILES string of the molecule is CC1(C)CC(S(=O)c2nc3ccc(N)cc3o2)C(C)(C)O1. The highest BCUT2D eigenvalue weighted by molar-refractivity contribution is 7.85. The molecule has 6 heteroatoms. The Kier molecular flexibility index (Phi) is 3.15. The number of hydrogen-bond acceptors (Lipinski definition) is 5. The molecule has 2 aromatic rings. The lowest BCUT2D eigenvalue weighted by Gasteiger charge is -2.26. The Morgan fingerprint density at radius 1 is 1.33 bits per heavy atom. The van der Waals surface area contributed by atoms with Crippen molar-refractivity contribution < 1.29 is 13.4 Å². The highest BCUT2D eigenvalue weighted by atomic mass is 32.2. The van der Waals surface area contributed by atoms with E-state index in [0.29, 0.717) is 23.2 Å². The molecule has 1 fully saturated rings. The zero-order valence-electron chi connectivity index (χ0n) is 12.7. The smallest absolute Gasteiger partial charge is 0.288 e. The topological polar surface area (TPSA) is 78.4 Å². The Hall–Kier alpha value is -1.40. The van der Waals surface area contributed by atoms with E-state index in [1.54, 1.807) is 18.2 Å². The Morgan fingerprint density at radius 2 is 2.05 bits per heavy atom. The summed E-state index contributed by atoms with van der Waals surface area (Å²) in [6.07, 6.45) is 0.702. The second-order valence-corrected chi connectivity index (χ2v) is 8.18. The zero-order chi connectivity index (χ0) is 15.4. The fourth-order valence-corrected chi connectivity index (χ4v) is 4.69. The quantitative estimate of drug-likeness (QED) is 0.863. The van der Waals surface area contributed by atoms with Crippen LogP contribution in [0.5, 0.6) is 0 Å². The van der Waals surface area contributed by atoms with Crippen molar-refractivity contribution in [3.8, 4) is 0 Å². The lowest BCUT2D eigenvalue weighted by atomic mass is 10.0. The first-order valence-corrected chi connectivity index (χ1v) is 8.16. The highest BCUT2D eigenvalue weighted by Crippen LogP contribution is 2.41. The van der Waals surface area contributed by atoms with E-state index in [2.05, 4.69) is 4.98 Å². The summed E-state index contributed by atoms with van der Waals surface area (Å²) >= 11 is 0. The molecule has 0 amide bonds. The van der Waals surface area contributed by atoms with Crippen LogP contribution in [0.4, 0.5) is 5.69 Å². The van der Waals surface area contributed by atoms with Gasteiger partial charge in [-0.2, -0.15) is 0 Å². The summed E-state index contributed by atoms with van der Waals surface area (Å²) in [7, 11) is -1.36. The summed E-state index contributed by atoms with van der Waals surface area (Å²) in [6.45, 7) is 7.95. The molecule has 1 aromatic carbocycles. The van der Waals surface area contributed by atoms with Gasteiger partial charge in [-0.1, -0.05) is 0 Å². The van der Waals surface area contributed by atoms with Gasteiger partial charge in [0.15, 0.2) is 5.58 Å². The number of fused-ring (bicyclic) bond motifs is 1. The van der Waals surface area contributed by atoms with E-state index in [4.69, 9.17) is 14.9 Å². The third-order valence-corrected chi connectivity index (χ3v) is 5.59. The van der Waals surface area contributed by atoms with Crippen molar-refractivity contribution in [3.63, 3.8) is 0 Å². The van der Waals surface area contributed by atoms with Crippen molar-refractivity contribution >= 4 is 27.6 Å². The minimum Gasteiger partial charge on any atom is -0.430 e. The number of nitrogen functional groups attached to an aromatic ring is 1. The van der Waals surface area contributed by atoms with Crippen molar-refractivity contribution in [1.82, 2.24) is 4.98 Å². The van der Waals surface area contributed by atoms with Crippen LogP contribution in [0.3, 0.4) is 0 Å². The van der Waals surface area contributed by atoms with E-state index >= 15 is 0 Å². The molecule has 0 spiro atoms. The average molecular weight is 308 g/mol. The first-order valence-electron chi connectivity index (χ1n) is 6.95. The molecule has 2 heterocycles. The van der Waals surface area contributed by atoms with Crippen LogP contribution in [0.25, 0.3) is 11.1 Å². The number of nitrogens with zero attached hydrogens (tertiary/aromatic N) is 1. The summed E-state index contributed by atoms with van der Waals surface area (Å²) in [6, 6.07) is 5.22. The Labute approximate surface area is 126 Å². The number of benzene rings is 1. The van der Waals surface area contributed by atoms with Crippen LogP contribution in [0.15, 0.2) is 27.8 Å². The maximum atomic E-state index is 12.8. The van der Waals surface area contributed by atoms with Crippen LogP contribution in [-0.2, 0) is 15.5 Å². The van der Waals surface area contributed by atoms with E-state index in [9.17, 15) is 4.21 Å². The molecular formula is C15H20N2O3S. The van der Waals surface area contributed by atoms with E-state index in [1.807, 2.05) is 27.7 Å². The first-order chi connectivity index (χ1) is 9.68. The predicted octanol–water partition coefficient (Wildman–Crippen LogP) is 2.86. The summed E-state index contributed by atoms with van der Waals surface area (Å²) in [5.41, 5.74) is 6.79. The number of oxazole rings is 1. The van der Waals surface area contributed by atoms with Crippen molar-refractivity contribution in [1.29, 1.82) is 0 Å². The number of nitrogens with two attached hydrogens (primary N) is 1. The van der Waals surface area contributed by atoms with Crippen LogP contribution in [-0.4, -0.2) is 25.6 Å². The van der Waals surface area contributed by atoms with Crippen molar-refractivity contribution in [2.45, 2.75) is 55.8 Å². The van der Waals surface area contributed by atoms with Crippen molar-refractivity contribution in [2.75, 3.05) is 5.73 Å². The zero-order valence-corrected chi connectivity index (χ0v) is 13.5. The molecule has 3 rings (SSSR count). The van der Waals surface area contributed by atoms with Crippen LogP contribution < -0.4 is 5.73 Å². The molecule has 1 aromatic heterocycles. The Bertz CT molecular complexity index is 721. The minimum absolute atomic E-state index is 0.155. The van der Waals surface area contributed by atoms with Gasteiger partial charge in [-0.05, 0) is 46.2 Å². The molecule has 0 saturated carbocycles. The molecule has 2 N–H and O–H groups in total. The first kappa shape index (κ1) is 14.5. The van der Waals surface area contributed by atoms with Crippen LogP contribution in [0.2, 0.25) is 0 Å². The average Bonchev–Trinajstić information content (AvgIpc) is 2.85. The van der Waals surface area contributed by atoms with Crippen LogP contribution in [0, 0.1) is 0 Å². The van der Waals surface area contributed by atoms with Gasteiger partial charge in [0, 0.05) is 11.8 Å². The van der Waals surface area contributed by atoms with Gasteiger partial charge < -0.3 is 14.9 Å². The number of anilines is 1. The maximum Gasteiger partial charge on any atom is 0.288 e. The summed E-state index contributed by atoms with van der Waals surface area (Å²) in [4.78, 5) is 4.33. The molecule has 1 aliphatic heterocycles. The molecule has 2 unspecified atom stereocenters. The molecular weight excluding hydrogens is 288 g/mol. The van der Waals surface area contributed by atoms with Gasteiger partial charge in [-0.25, -0.2) is 9.19 Å². The fraction of sp³-hybridized carbons (Fsp3) is 0.533. The lowest BCUT2D eigenvalue weighted by Crippen LogP contribution is -2.35. The Morgan fingerprint density at radius 3 is 2.67 bits per heavy atom. The normalized spacial score (nSPS) is 25.2. The van der Waals surface area contributed by atoms with Gasteiger partial charge in [-0.15, -0.1) is 0 Å². The second-order valence-electron chi connectivity index (χ2n) is 6.66. The van der Waals surface area contributed by atoms with Gasteiger partial charge in [0.1, 0.15) is 16.3 Å². The minimum atomic E-state index is -1.36. The molecule has 1 saturated heterocycles. The van der Waals surface area contributed by atoms with E-state index in [-0.39, 0.29) is 16.1 Å². The van der Waals surface area contributed by atoms with Gasteiger partial charge in [0.25, 0.3) is 5.22 Å². The molecule has 0 bridgehead atoms. The molecule has 1 aliphatic rings. The van der Waals surface area contributed by atoms with E-state index < -0.39 is 16.4 Å². The molecule has 2 atom stereocenters. The fourth-order valence-electron chi connectivity index (χ4n) is 2.97. The van der Waals surface area contributed by atoms with Crippen molar-refractivity contribution in [2.24, 2.45) is 0 Å². The van der Waals surface area contributed by atoms with Gasteiger partial charge in [-0.3, -0.25) is 0 Å². The molecule has 114 valence electrons. The number of hydrogen-bond donors (Lipinski definition) is 1. The van der Waals surface area contributed by atoms with Gasteiger partial charge in [0.05, 0.1) is 16.5 Å². The monoisotopic (exact) mass is 308 g/mol. The van der Waals surface area contributed by atoms with Crippen LogP contribution in [0.1, 0.15) is 34.1 Å². The Balaban J connectivity index is 1.97. The van der Waals surface area contributed by atoms with Crippen LogP contribution >= 0.6 is 0 Å². The van der Waals surface area contributed by atoms with Gasteiger partial charge >= 0.3 is 0 Å². The highest BCUT2D eigenvalue weighted by Gasteiger charge is 2.50. The third kappa shape index (κ3) is 2.58. The molecule has 5 nitrogen and oxygen atoms in total. The van der Waals surface area contributed by atoms with Crippen molar-refractivity contribution in [3.05, 3.63) is 18.2 Å². The summed E-state index contributed by atoms with van der Waals surface area (Å²) in [5.74, 6) is 0. The van der Waals surface area contributed by atoms with Gasteiger partial charge in [0.2, 0.25) is 0 Å². The third-order valence-electron chi connectivity index (χ3n) is 3.82.